The number of nitro groups is 1. The highest BCUT2D eigenvalue weighted by molar-refractivity contribution is 8.76. The van der Waals surface area contributed by atoms with Crippen LogP contribution in [0.3, 0.4) is 0 Å². The van der Waals surface area contributed by atoms with Crippen LogP contribution in [0.15, 0.2) is 30.4 Å². The van der Waals surface area contributed by atoms with E-state index in [4.69, 9.17) is 9.84 Å². The summed E-state index contributed by atoms with van der Waals surface area (Å²) in [6, 6.07) is 4.27. The first-order valence-electron chi connectivity index (χ1n) is 8.23. The minimum Gasteiger partial charge on any atom is -0.461 e. The Kier molecular flexibility index (Phi) is 8.48. The van der Waals surface area contributed by atoms with E-state index in [-0.39, 0.29) is 36.1 Å². The Morgan fingerprint density at radius 2 is 1.86 bits per heavy atom. The molecule has 1 aliphatic rings. The third-order valence-electron chi connectivity index (χ3n) is 3.69. The maximum atomic E-state index is 11.8. The minimum atomic E-state index is -0.593. The molecule has 1 aromatic carbocycles. The van der Waals surface area contributed by atoms with Gasteiger partial charge in [-0.2, -0.15) is 0 Å². The van der Waals surface area contributed by atoms with E-state index in [1.165, 1.54) is 45.9 Å². The van der Waals surface area contributed by atoms with E-state index in [2.05, 4.69) is 0 Å². The average molecular weight is 426 g/mol. The molecule has 11 heteroatoms. The molecule has 28 heavy (non-hydrogen) atoms. The molecule has 0 saturated heterocycles. The Morgan fingerprint density at radius 1 is 1.18 bits per heavy atom. The molecule has 2 amide bonds. The molecule has 0 radical (unpaired) electrons. The van der Waals surface area contributed by atoms with Crippen LogP contribution in [-0.2, 0) is 32.3 Å². The van der Waals surface area contributed by atoms with Gasteiger partial charge in [0.05, 0.1) is 23.5 Å². The van der Waals surface area contributed by atoms with E-state index in [0.717, 1.165) is 4.90 Å². The van der Waals surface area contributed by atoms with Crippen molar-refractivity contribution in [1.82, 2.24) is 4.90 Å². The number of rotatable bonds is 11. The van der Waals surface area contributed by atoms with E-state index in [1.54, 1.807) is 6.07 Å². The highest BCUT2D eigenvalue weighted by Gasteiger charge is 2.22. The van der Waals surface area contributed by atoms with Crippen LogP contribution >= 0.6 is 21.6 Å². The second-order valence-electron chi connectivity index (χ2n) is 5.59. The van der Waals surface area contributed by atoms with Gasteiger partial charge in [0.25, 0.3) is 17.5 Å². The quantitative estimate of drug-likeness (QED) is 0.141. The van der Waals surface area contributed by atoms with Crippen molar-refractivity contribution in [3.8, 4) is 0 Å². The molecule has 0 fully saturated rings. The van der Waals surface area contributed by atoms with E-state index in [0.29, 0.717) is 23.6 Å². The minimum absolute atomic E-state index is 0.0879. The zero-order valence-electron chi connectivity index (χ0n) is 14.7. The van der Waals surface area contributed by atoms with Gasteiger partial charge in [-0.1, -0.05) is 27.7 Å². The number of esters is 1. The smallest absolute Gasteiger partial charge is 0.306 e. The van der Waals surface area contributed by atoms with Gasteiger partial charge < -0.3 is 9.84 Å². The number of aliphatic hydroxyl groups excluding tert-OH is 1. The maximum absolute atomic E-state index is 11.8. The van der Waals surface area contributed by atoms with Gasteiger partial charge in [0.15, 0.2) is 0 Å². The fourth-order valence-electron chi connectivity index (χ4n) is 2.26. The molecule has 0 spiro atoms. The first-order chi connectivity index (χ1) is 13.4. The molecule has 9 nitrogen and oxygen atoms in total. The molecular weight excluding hydrogens is 408 g/mol. The fourth-order valence-corrected chi connectivity index (χ4v) is 4.19. The van der Waals surface area contributed by atoms with Crippen LogP contribution in [0.4, 0.5) is 5.69 Å². The molecule has 0 aliphatic carbocycles. The van der Waals surface area contributed by atoms with Gasteiger partial charge in [0.2, 0.25) is 0 Å². The first kappa shape index (κ1) is 21.9. The van der Waals surface area contributed by atoms with E-state index >= 15 is 0 Å². The fraction of sp³-hybridized carbons (Fsp3) is 0.353. The zero-order chi connectivity index (χ0) is 20.5. The number of nitro benzene ring substituents is 1. The lowest BCUT2D eigenvalue weighted by Crippen LogP contribution is -2.31. The topological polar surface area (TPSA) is 127 Å². The van der Waals surface area contributed by atoms with Gasteiger partial charge >= 0.3 is 5.97 Å². The lowest BCUT2D eigenvalue weighted by atomic mass is 10.1. The number of hydrogen-bond donors (Lipinski definition) is 1. The summed E-state index contributed by atoms with van der Waals surface area (Å²) in [6.45, 7) is -0.216. The predicted octanol–water partition coefficient (Wildman–Crippen LogP) is 1.83. The molecule has 0 aromatic heterocycles. The van der Waals surface area contributed by atoms with Crippen LogP contribution in [0.1, 0.15) is 17.5 Å². The molecule has 1 aromatic rings. The van der Waals surface area contributed by atoms with E-state index in [1.807, 2.05) is 0 Å². The molecule has 0 atom stereocenters. The van der Waals surface area contributed by atoms with Crippen LogP contribution in [0.25, 0.3) is 0 Å². The zero-order valence-corrected chi connectivity index (χ0v) is 16.4. The van der Waals surface area contributed by atoms with Crippen molar-refractivity contribution in [3.63, 3.8) is 0 Å². The van der Waals surface area contributed by atoms with Gasteiger partial charge in [0, 0.05) is 36.3 Å². The molecule has 1 aliphatic heterocycles. The van der Waals surface area contributed by atoms with Crippen LogP contribution in [-0.4, -0.2) is 50.8 Å². The molecular formula is C17H18N2O7S2. The first-order valence-corrected chi connectivity index (χ1v) is 10.7. The van der Waals surface area contributed by atoms with Crippen molar-refractivity contribution < 1.29 is 29.2 Å². The standard InChI is InChI=1S/C17H18N2O7S2/c20-10-13-2-1-12(9-14(13)19(24)25)11-26-17(23)5-7-27-28-8-6-18-15(21)3-4-16(18)22/h1-4,9,20H,5-8,10-11H2. The van der Waals surface area contributed by atoms with Crippen LogP contribution in [0.2, 0.25) is 0 Å². The Morgan fingerprint density at radius 3 is 2.50 bits per heavy atom. The third-order valence-corrected chi connectivity index (χ3v) is 6.07. The van der Waals surface area contributed by atoms with Crippen molar-refractivity contribution >= 4 is 45.1 Å². The molecule has 2 rings (SSSR count). The number of benzene rings is 1. The van der Waals surface area contributed by atoms with Gasteiger partial charge in [-0.05, 0) is 11.6 Å². The summed E-state index contributed by atoms with van der Waals surface area (Å²) >= 11 is 0. The number of nitrogens with zero attached hydrogens (tertiary/aromatic N) is 2. The summed E-state index contributed by atoms with van der Waals surface area (Å²) in [5.41, 5.74) is 0.447. The number of ether oxygens (including phenoxy) is 1. The summed E-state index contributed by atoms with van der Waals surface area (Å²) in [4.78, 5) is 46.0. The second kappa shape index (κ2) is 10.8. The molecule has 1 heterocycles. The van der Waals surface area contributed by atoms with E-state index < -0.39 is 17.5 Å². The monoisotopic (exact) mass is 426 g/mol. The summed E-state index contributed by atoms with van der Waals surface area (Å²) in [6.07, 6.45) is 2.64. The van der Waals surface area contributed by atoms with Crippen molar-refractivity contribution in [2.75, 3.05) is 18.1 Å². The van der Waals surface area contributed by atoms with Crippen molar-refractivity contribution in [2.24, 2.45) is 0 Å². The van der Waals surface area contributed by atoms with E-state index in [9.17, 15) is 24.5 Å². The lowest BCUT2D eigenvalue weighted by molar-refractivity contribution is -0.385. The number of carbonyl (C=O) groups is 3. The van der Waals surface area contributed by atoms with Crippen molar-refractivity contribution in [2.45, 2.75) is 19.6 Å². The number of hydrogen-bond acceptors (Lipinski definition) is 9. The summed E-state index contributed by atoms with van der Waals surface area (Å²) in [5.74, 6) is -0.0126. The Hall–Kier alpha value is -2.37. The van der Waals surface area contributed by atoms with Crippen molar-refractivity contribution in [3.05, 3.63) is 51.6 Å². The van der Waals surface area contributed by atoms with Gasteiger partial charge in [-0.15, -0.1) is 0 Å². The molecule has 0 saturated carbocycles. The van der Waals surface area contributed by atoms with Gasteiger partial charge in [0.1, 0.15) is 6.61 Å². The SMILES string of the molecule is O=C(CCSSCCN1C(=O)C=CC1=O)OCc1ccc(CO)c([N+](=O)[O-])c1. The Bertz CT molecular complexity index is 780. The average Bonchev–Trinajstić information content (AvgIpc) is 3.00. The Labute approximate surface area is 168 Å². The normalized spacial score (nSPS) is 13.2. The van der Waals surface area contributed by atoms with Gasteiger partial charge in [-0.25, -0.2) is 0 Å². The van der Waals surface area contributed by atoms with Crippen molar-refractivity contribution in [1.29, 1.82) is 0 Å². The Balaban J connectivity index is 1.63. The summed E-state index contributed by atoms with van der Waals surface area (Å²) < 4.78 is 5.10. The number of amides is 2. The predicted molar refractivity (Wildman–Crippen MR) is 104 cm³/mol. The molecule has 0 bridgehead atoms. The summed E-state index contributed by atoms with van der Waals surface area (Å²) in [5, 5.41) is 20.0. The van der Waals surface area contributed by atoms with Crippen LogP contribution in [0, 0.1) is 10.1 Å². The largest absolute Gasteiger partial charge is 0.461 e. The summed E-state index contributed by atoms with van der Waals surface area (Å²) in [7, 11) is 2.88. The maximum Gasteiger partial charge on any atom is 0.306 e. The van der Waals surface area contributed by atoms with Crippen LogP contribution in [0.5, 0.6) is 0 Å². The number of aliphatic hydroxyl groups is 1. The molecule has 150 valence electrons. The second-order valence-corrected chi connectivity index (χ2v) is 8.30. The number of imide groups is 1. The third kappa shape index (κ3) is 6.36. The highest BCUT2D eigenvalue weighted by Crippen LogP contribution is 2.23. The molecule has 1 N–H and O–H groups in total. The van der Waals surface area contributed by atoms with Gasteiger partial charge in [-0.3, -0.25) is 29.4 Å². The highest BCUT2D eigenvalue weighted by atomic mass is 33.1. The molecule has 0 unspecified atom stereocenters. The lowest BCUT2D eigenvalue weighted by Gasteiger charge is -2.12. The number of carbonyl (C=O) groups excluding carboxylic acids is 3. The van der Waals surface area contributed by atoms with Crippen LogP contribution < -0.4 is 0 Å².